The molecular weight excluding hydrogens is 379 g/mol. The number of hydrogen-bond donors (Lipinski definition) is 0. The predicted octanol–water partition coefficient (Wildman–Crippen LogP) is 2.93. The summed E-state index contributed by atoms with van der Waals surface area (Å²) >= 11 is 3.16. The van der Waals surface area contributed by atoms with Crippen LogP contribution < -0.4 is 0 Å². The number of amides is 1. The lowest BCUT2D eigenvalue weighted by molar-refractivity contribution is -0.155. The van der Waals surface area contributed by atoms with Gasteiger partial charge in [0.15, 0.2) is 0 Å². The van der Waals surface area contributed by atoms with E-state index in [9.17, 15) is 14.0 Å². The summed E-state index contributed by atoms with van der Waals surface area (Å²) in [7, 11) is 3.71. The fraction of sp³-hybridized carbons (Fsp3) is 0.529. The first-order valence-electron chi connectivity index (χ1n) is 7.60. The second kappa shape index (κ2) is 8.58. The van der Waals surface area contributed by atoms with Crippen molar-refractivity contribution in [1.29, 1.82) is 0 Å². The third-order valence-electron chi connectivity index (χ3n) is 3.01. The summed E-state index contributed by atoms with van der Waals surface area (Å²) in [6.07, 6.45) is 0. The van der Waals surface area contributed by atoms with E-state index in [-0.39, 0.29) is 12.1 Å². The number of ether oxygens (including phenoxy) is 1. The highest BCUT2D eigenvalue weighted by molar-refractivity contribution is 9.10. The third kappa shape index (κ3) is 6.97. The van der Waals surface area contributed by atoms with Gasteiger partial charge in [0.05, 0.1) is 5.56 Å². The molecule has 1 amide bonds. The quantitative estimate of drug-likeness (QED) is 0.686. The second-order valence-electron chi connectivity index (χ2n) is 6.74. The van der Waals surface area contributed by atoms with Crippen LogP contribution in [-0.2, 0) is 9.53 Å². The van der Waals surface area contributed by atoms with E-state index in [4.69, 9.17) is 4.74 Å². The molecule has 5 nitrogen and oxygen atoms in total. The number of benzene rings is 1. The number of halogens is 2. The van der Waals surface area contributed by atoms with E-state index >= 15 is 0 Å². The van der Waals surface area contributed by atoms with Crippen molar-refractivity contribution in [2.24, 2.45) is 0 Å². The zero-order valence-electron chi connectivity index (χ0n) is 14.7. The van der Waals surface area contributed by atoms with E-state index in [1.807, 2.05) is 19.0 Å². The Kier molecular flexibility index (Phi) is 7.35. The van der Waals surface area contributed by atoms with Crippen molar-refractivity contribution in [3.05, 3.63) is 34.1 Å². The average molecular weight is 403 g/mol. The summed E-state index contributed by atoms with van der Waals surface area (Å²) in [5.41, 5.74) is -0.712. The second-order valence-corrected chi connectivity index (χ2v) is 7.66. The van der Waals surface area contributed by atoms with Gasteiger partial charge in [0.1, 0.15) is 18.0 Å². The van der Waals surface area contributed by atoms with Crippen LogP contribution in [0.15, 0.2) is 22.7 Å². The maximum atomic E-state index is 14.1. The van der Waals surface area contributed by atoms with E-state index in [0.29, 0.717) is 17.6 Å². The number of likely N-dealkylation sites (N-methyl/N-ethyl adjacent to an activating group) is 1. The van der Waals surface area contributed by atoms with Crippen LogP contribution in [0.25, 0.3) is 0 Å². The van der Waals surface area contributed by atoms with Gasteiger partial charge in [-0.15, -0.1) is 0 Å². The molecule has 0 radical (unpaired) electrons. The van der Waals surface area contributed by atoms with Gasteiger partial charge in [0, 0.05) is 17.6 Å². The molecule has 0 N–H and O–H groups in total. The SMILES string of the molecule is CN(C)CCN(CC(=O)OC(C)(C)C)C(=O)c1ccc(Br)cc1F. The first-order chi connectivity index (χ1) is 11.0. The lowest BCUT2D eigenvalue weighted by Gasteiger charge is -2.26. The Labute approximate surface area is 150 Å². The van der Waals surface area contributed by atoms with Crippen LogP contribution in [0.1, 0.15) is 31.1 Å². The van der Waals surface area contributed by atoms with Crippen molar-refractivity contribution in [1.82, 2.24) is 9.80 Å². The maximum absolute atomic E-state index is 14.1. The summed E-state index contributed by atoms with van der Waals surface area (Å²) in [5, 5.41) is 0. The number of esters is 1. The molecule has 1 aromatic rings. The van der Waals surface area contributed by atoms with Crippen LogP contribution >= 0.6 is 15.9 Å². The van der Waals surface area contributed by atoms with Crippen molar-refractivity contribution >= 4 is 27.8 Å². The maximum Gasteiger partial charge on any atom is 0.326 e. The van der Waals surface area contributed by atoms with Gasteiger partial charge in [-0.3, -0.25) is 9.59 Å². The van der Waals surface area contributed by atoms with Crippen molar-refractivity contribution < 1.29 is 18.7 Å². The Hall–Kier alpha value is -1.47. The molecule has 7 heteroatoms. The molecule has 0 unspecified atom stereocenters. The van der Waals surface area contributed by atoms with Crippen LogP contribution in [0, 0.1) is 5.82 Å². The highest BCUT2D eigenvalue weighted by atomic mass is 79.9. The van der Waals surface area contributed by atoms with Crippen LogP contribution in [0.5, 0.6) is 0 Å². The first kappa shape index (κ1) is 20.6. The van der Waals surface area contributed by atoms with Crippen molar-refractivity contribution in [3.8, 4) is 0 Å². The van der Waals surface area contributed by atoms with E-state index < -0.39 is 23.3 Å². The molecule has 0 saturated heterocycles. The van der Waals surface area contributed by atoms with E-state index in [2.05, 4.69) is 15.9 Å². The average Bonchev–Trinajstić information content (AvgIpc) is 2.40. The van der Waals surface area contributed by atoms with Gasteiger partial charge >= 0.3 is 5.97 Å². The van der Waals surface area contributed by atoms with E-state index in [1.54, 1.807) is 26.8 Å². The molecule has 0 heterocycles. The van der Waals surface area contributed by atoms with Gasteiger partial charge in [0.25, 0.3) is 5.91 Å². The van der Waals surface area contributed by atoms with E-state index in [1.165, 1.54) is 17.0 Å². The normalized spacial score (nSPS) is 11.5. The van der Waals surface area contributed by atoms with Gasteiger partial charge < -0.3 is 14.5 Å². The molecule has 0 aliphatic heterocycles. The molecule has 0 fully saturated rings. The number of hydrogen-bond acceptors (Lipinski definition) is 4. The first-order valence-corrected chi connectivity index (χ1v) is 8.40. The molecule has 1 rings (SSSR count). The van der Waals surface area contributed by atoms with Crippen molar-refractivity contribution in [2.75, 3.05) is 33.7 Å². The fourth-order valence-electron chi connectivity index (χ4n) is 1.94. The molecule has 0 spiro atoms. The van der Waals surface area contributed by atoms with Gasteiger partial charge in [-0.05, 0) is 53.1 Å². The highest BCUT2D eigenvalue weighted by Gasteiger charge is 2.24. The minimum atomic E-state index is -0.643. The van der Waals surface area contributed by atoms with Gasteiger partial charge in [-0.25, -0.2) is 4.39 Å². The van der Waals surface area contributed by atoms with Crippen LogP contribution in [-0.4, -0.2) is 61.0 Å². The Morgan fingerprint density at radius 2 is 1.83 bits per heavy atom. The Morgan fingerprint density at radius 1 is 1.21 bits per heavy atom. The van der Waals surface area contributed by atoms with Crippen LogP contribution in [0.2, 0.25) is 0 Å². The van der Waals surface area contributed by atoms with Gasteiger partial charge in [0.2, 0.25) is 0 Å². The predicted molar refractivity (Wildman–Crippen MR) is 94.4 cm³/mol. The Morgan fingerprint density at radius 3 is 2.33 bits per heavy atom. The molecule has 0 aromatic heterocycles. The van der Waals surface area contributed by atoms with Gasteiger partial charge in [-0.1, -0.05) is 15.9 Å². The van der Waals surface area contributed by atoms with Crippen molar-refractivity contribution in [3.63, 3.8) is 0 Å². The number of nitrogens with zero attached hydrogens (tertiary/aromatic N) is 2. The number of carbonyl (C=O) groups excluding carboxylic acids is 2. The van der Waals surface area contributed by atoms with Crippen molar-refractivity contribution in [2.45, 2.75) is 26.4 Å². The summed E-state index contributed by atoms with van der Waals surface area (Å²) in [5.74, 6) is -1.69. The molecular formula is C17H24BrFN2O3. The molecule has 24 heavy (non-hydrogen) atoms. The van der Waals surface area contributed by atoms with Crippen LogP contribution in [0.4, 0.5) is 4.39 Å². The molecule has 1 aromatic carbocycles. The molecule has 0 bridgehead atoms. The molecule has 0 aliphatic carbocycles. The smallest absolute Gasteiger partial charge is 0.326 e. The highest BCUT2D eigenvalue weighted by Crippen LogP contribution is 2.17. The summed E-state index contributed by atoms with van der Waals surface area (Å²) in [4.78, 5) is 27.9. The summed E-state index contributed by atoms with van der Waals surface area (Å²) < 4.78 is 19.9. The zero-order valence-corrected chi connectivity index (χ0v) is 16.3. The zero-order chi connectivity index (χ0) is 18.5. The molecule has 134 valence electrons. The van der Waals surface area contributed by atoms with Crippen LogP contribution in [0.3, 0.4) is 0 Å². The minimum Gasteiger partial charge on any atom is -0.459 e. The largest absolute Gasteiger partial charge is 0.459 e. The Bertz CT molecular complexity index is 600. The lowest BCUT2D eigenvalue weighted by Crippen LogP contribution is -2.42. The summed E-state index contributed by atoms with van der Waals surface area (Å²) in [6, 6.07) is 4.22. The monoisotopic (exact) mass is 402 g/mol. The Balaban J connectivity index is 2.95. The summed E-state index contributed by atoms with van der Waals surface area (Å²) in [6.45, 7) is 5.88. The standard InChI is InChI=1S/C17H24BrFN2O3/c1-17(2,3)24-15(22)11-21(9-8-20(4)5)16(23)13-7-6-12(18)10-14(13)19/h6-7,10H,8-9,11H2,1-5H3. The fourth-order valence-corrected chi connectivity index (χ4v) is 2.27. The third-order valence-corrected chi connectivity index (χ3v) is 3.50. The lowest BCUT2D eigenvalue weighted by atomic mass is 10.1. The van der Waals surface area contributed by atoms with E-state index in [0.717, 1.165) is 0 Å². The molecule has 0 atom stereocenters. The molecule has 0 saturated carbocycles. The minimum absolute atomic E-state index is 0.0690. The number of carbonyl (C=O) groups is 2. The molecule has 0 aliphatic rings. The topological polar surface area (TPSA) is 49.9 Å². The number of rotatable bonds is 6. The van der Waals surface area contributed by atoms with Gasteiger partial charge in [-0.2, -0.15) is 0 Å².